The fourth-order valence-corrected chi connectivity index (χ4v) is 2.60. The molecule has 3 rings (SSSR count). The molecule has 136 valence electrons. The zero-order valence-corrected chi connectivity index (χ0v) is 15.2. The van der Waals surface area contributed by atoms with Gasteiger partial charge < -0.3 is 5.11 Å². The van der Waals surface area contributed by atoms with Gasteiger partial charge >= 0.3 is 5.92 Å². The van der Waals surface area contributed by atoms with Crippen molar-refractivity contribution in [2.24, 2.45) is 0 Å². The molecule has 3 aromatic rings. The first kappa shape index (κ1) is 18.5. The van der Waals surface area contributed by atoms with Crippen molar-refractivity contribution in [2.75, 3.05) is 0 Å². The van der Waals surface area contributed by atoms with Crippen LogP contribution in [-0.4, -0.2) is 31.0 Å². The Hall–Kier alpha value is -2.26. The summed E-state index contributed by atoms with van der Waals surface area (Å²) in [4.78, 5) is 7.63. The monoisotopic (exact) mass is 426 g/mol. The first-order valence-corrected chi connectivity index (χ1v) is 8.46. The SMILES string of the molecule is CC(O)Cn1nc(C(F)(F)c2ccc(Br)cn2)nc1-c1cccc(F)c1. The minimum Gasteiger partial charge on any atom is -0.391 e. The number of halogens is 4. The molecule has 0 saturated heterocycles. The number of aliphatic hydroxyl groups is 1. The molecule has 1 aromatic carbocycles. The number of benzene rings is 1. The molecule has 0 aliphatic rings. The van der Waals surface area contributed by atoms with E-state index in [2.05, 4.69) is 31.0 Å². The molecule has 26 heavy (non-hydrogen) atoms. The third-order valence-corrected chi connectivity index (χ3v) is 3.99. The number of nitrogens with zero attached hydrogens (tertiary/aromatic N) is 4. The highest BCUT2D eigenvalue weighted by Gasteiger charge is 2.41. The molecule has 0 aliphatic heterocycles. The van der Waals surface area contributed by atoms with Crippen LogP contribution in [0.1, 0.15) is 18.4 Å². The first-order valence-electron chi connectivity index (χ1n) is 7.66. The molecule has 0 spiro atoms. The highest BCUT2D eigenvalue weighted by atomic mass is 79.9. The fraction of sp³-hybridized carbons (Fsp3) is 0.235. The van der Waals surface area contributed by atoms with E-state index in [9.17, 15) is 18.3 Å². The van der Waals surface area contributed by atoms with Crippen molar-refractivity contribution in [3.8, 4) is 11.4 Å². The second-order valence-electron chi connectivity index (χ2n) is 5.74. The van der Waals surface area contributed by atoms with Gasteiger partial charge in [-0.2, -0.15) is 8.78 Å². The fourth-order valence-electron chi connectivity index (χ4n) is 2.37. The lowest BCUT2D eigenvalue weighted by Crippen LogP contribution is -2.20. The summed E-state index contributed by atoms with van der Waals surface area (Å²) >= 11 is 3.14. The van der Waals surface area contributed by atoms with Crippen LogP contribution in [0.3, 0.4) is 0 Å². The predicted octanol–water partition coefficient (Wildman–Crippen LogP) is 3.76. The third-order valence-electron chi connectivity index (χ3n) is 3.52. The Morgan fingerprint density at radius 2 is 2.04 bits per heavy atom. The van der Waals surface area contributed by atoms with Crippen molar-refractivity contribution in [1.82, 2.24) is 19.7 Å². The van der Waals surface area contributed by atoms with Crippen molar-refractivity contribution in [2.45, 2.75) is 25.5 Å². The van der Waals surface area contributed by atoms with Gasteiger partial charge in [-0.3, -0.25) is 4.98 Å². The van der Waals surface area contributed by atoms with Gasteiger partial charge in [-0.1, -0.05) is 12.1 Å². The molecule has 1 atom stereocenters. The van der Waals surface area contributed by atoms with E-state index in [1.165, 1.54) is 49.5 Å². The van der Waals surface area contributed by atoms with Crippen molar-refractivity contribution in [1.29, 1.82) is 0 Å². The molecule has 0 aliphatic carbocycles. The van der Waals surface area contributed by atoms with Crippen LogP contribution in [0, 0.1) is 5.82 Å². The highest BCUT2D eigenvalue weighted by molar-refractivity contribution is 9.10. The van der Waals surface area contributed by atoms with E-state index in [1.807, 2.05) is 0 Å². The van der Waals surface area contributed by atoms with Crippen LogP contribution in [0.25, 0.3) is 11.4 Å². The lowest BCUT2D eigenvalue weighted by molar-refractivity contribution is 0.0276. The van der Waals surface area contributed by atoms with Gasteiger partial charge in [0.05, 0.1) is 12.6 Å². The smallest absolute Gasteiger partial charge is 0.349 e. The molecule has 1 N–H and O–H groups in total. The van der Waals surface area contributed by atoms with E-state index in [1.54, 1.807) is 0 Å². The Labute approximate surface area is 155 Å². The second-order valence-corrected chi connectivity index (χ2v) is 6.65. The summed E-state index contributed by atoms with van der Waals surface area (Å²) < 4.78 is 44.8. The molecule has 5 nitrogen and oxygen atoms in total. The van der Waals surface area contributed by atoms with E-state index in [0.29, 0.717) is 4.47 Å². The number of hydrogen-bond donors (Lipinski definition) is 1. The summed E-state index contributed by atoms with van der Waals surface area (Å²) in [5.41, 5.74) is -0.232. The molecule has 0 fully saturated rings. The highest BCUT2D eigenvalue weighted by Crippen LogP contribution is 2.34. The number of aliphatic hydroxyl groups excluding tert-OH is 1. The molecule has 9 heteroatoms. The summed E-state index contributed by atoms with van der Waals surface area (Å²) in [6, 6.07) is 7.99. The lowest BCUT2D eigenvalue weighted by Gasteiger charge is -2.11. The zero-order chi connectivity index (χ0) is 18.9. The summed E-state index contributed by atoms with van der Waals surface area (Å²) in [7, 11) is 0. The second kappa shape index (κ2) is 7.16. The van der Waals surface area contributed by atoms with Gasteiger partial charge in [0, 0.05) is 16.2 Å². The van der Waals surface area contributed by atoms with Crippen LogP contribution in [0.5, 0.6) is 0 Å². The number of hydrogen-bond acceptors (Lipinski definition) is 4. The first-order chi connectivity index (χ1) is 12.3. The summed E-state index contributed by atoms with van der Waals surface area (Å²) in [6.45, 7) is 1.42. The van der Waals surface area contributed by atoms with Gasteiger partial charge in [-0.05, 0) is 47.1 Å². The summed E-state index contributed by atoms with van der Waals surface area (Å²) in [5, 5.41) is 13.5. The Morgan fingerprint density at radius 1 is 1.27 bits per heavy atom. The molecule has 0 bridgehead atoms. The average Bonchev–Trinajstić information content (AvgIpc) is 2.99. The van der Waals surface area contributed by atoms with Crippen LogP contribution in [0.2, 0.25) is 0 Å². The largest absolute Gasteiger partial charge is 0.391 e. The van der Waals surface area contributed by atoms with E-state index in [4.69, 9.17) is 0 Å². The number of rotatable bonds is 5. The Kier molecular flexibility index (Phi) is 5.10. The third kappa shape index (κ3) is 3.78. The molecule has 0 radical (unpaired) electrons. The molecular weight excluding hydrogens is 413 g/mol. The maximum absolute atomic E-state index is 14.8. The maximum atomic E-state index is 14.8. The van der Waals surface area contributed by atoms with Gasteiger partial charge in [0.1, 0.15) is 11.5 Å². The van der Waals surface area contributed by atoms with Crippen LogP contribution in [0.15, 0.2) is 47.1 Å². The van der Waals surface area contributed by atoms with Crippen LogP contribution in [-0.2, 0) is 12.5 Å². The van der Waals surface area contributed by atoms with Crippen molar-refractivity contribution in [3.63, 3.8) is 0 Å². The number of aromatic nitrogens is 4. The van der Waals surface area contributed by atoms with E-state index in [0.717, 1.165) is 4.68 Å². The summed E-state index contributed by atoms with van der Waals surface area (Å²) in [6.07, 6.45) is 0.403. The van der Waals surface area contributed by atoms with Gasteiger partial charge in [-0.15, -0.1) is 5.10 Å². The topological polar surface area (TPSA) is 63.8 Å². The molecule has 0 saturated carbocycles. The predicted molar refractivity (Wildman–Crippen MR) is 92.0 cm³/mol. The van der Waals surface area contributed by atoms with Crippen molar-refractivity contribution in [3.05, 3.63) is 64.4 Å². The molecule has 2 aromatic heterocycles. The van der Waals surface area contributed by atoms with E-state index in [-0.39, 0.29) is 17.9 Å². The molecule has 0 amide bonds. The maximum Gasteiger partial charge on any atom is 0.349 e. The minimum atomic E-state index is -3.55. The van der Waals surface area contributed by atoms with Crippen molar-refractivity contribution < 1.29 is 18.3 Å². The minimum absolute atomic E-state index is 0.0391. The van der Waals surface area contributed by atoms with E-state index < -0.39 is 29.4 Å². The standard InChI is InChI=1S/C17H14BrF3N4O/c1-10(26)9-25-15(11-3-2-4-13(19)7-11)23-16(24-25)17(20,21)14-6-5-12(18)8-22-14/h2-8,10,26H,9H2,1H3. The summed E-state index contributed by atoms with van der Waals surface area (Å²) in [5.74, 6) is -4.81. The van der Waals surface area contributed by atoms with E-state index >= 15 is 0 Å². The van der Waals surface area contributed by atoms with Crippen LogP contribution >= 0.6 is 15.9 Å². The van der Waals surface area contributed by atoms with Gasteiger partial charge in [0.15, 0.2) is 5.82 Å². The molecule has 2 heterocycles. The van der Waals surface area contributed by atoms with Gasteiger partial charge in [0.2, 0.25) is 5.82 Å². The van der Waals surface area contributed by atoms with Crippen LogP contribution in [0.4, 0.5) is 13.2 Å². The Bertz CT molecular complexity index is 913. The van der Waals surface area contributed by atoms with Gasteiger partial charge in [-0.25, -0.2) is 14.1 Å². The Balaban J connectivity index is 2.09. The quantitative estimate of drug-likeness (QED) is 0.674. The number of alkyl halides is 2. The van der Waals surface area contributed by atoms with Crippen molar-refractivity contribution >= 4 is 15.9 Å². The molecular formula is C17H14BrF3N4O. The Morgan fingerprint density at radius 3 is 2.65 bits per heavy atom. The number of pyridine rings is 1. The van der Waals surface area contributed by atoms with Gasteiger partial charge in [0.25, 0.3) is 0 Å². The zero-order valence-electron chi connectivity index (χ0n) is 13.6. The molecule has 1 unspecified atom stereocenters. The normalized spacial score (nSPS) is 13.0. The van der Waals surface area contributed by atoms with Crippen LogP contribution < -0.4 is 0 Å². The lowest BCUT2D eigenvalue weighted by atomic mass is 10.2. The average molecular weight is 427 g/mol.